The van der Waals surface area contributed by atoms with Crippen molar-refractivity contribution < 1.29 is 0 Å². The van der Waals surface area contributed by atoms with E-state index < -0.39 is 0 Å². The lowest BCUT2D eigenvalue weighted by Crippen LogP contribution is -2.28. The van der Waals surface area contributed by atoms with Gasteiger partial charge in [0.15, 0.2) is 5.65 Å². The molecule has 0 saturated heterocycles. The number of hydrogen-bond acceptors (Lipinski definition) is 3. The van der Waals surface area contributed by atoms with Gasteiger partial charge in [-0.25, -0.2) is 4.98 Å². The van der Waals surface area contributed by atoms with Crippen LogP contribution in [0.25, 0.3) is 5.65 Å². The van der Waals surface area contributed by atoms with Crippen LogP contribution in [-0.4, -0.2) is 21.6 Å². The Hall–Kier alpha value is -1.58. The summed E-state index contributed by atoms with van der Waals surface area (Å²) in [6, 6.07) is 2.13. The van der Waals surface area contributed by atoms with Gasteiger partial charge in [0.05, 0.1) is 6.20 Å². The fourth-order valence-electron chi connectivity index (χ4n) is 2.79. The van der Waals surface area contributed by atoms with E-state index in [-0.39, 0.29) is 0 Å². The highest BCUT2D eigenvalue weighted by molar-refractivity contribution is 5.53. The Balaban J connectivity index is 2.04. The van der Waals surface area contributed by atoms with E-state index in [2.05, 4.69) is 30.3 Å². The molecule has 0 amide bonds. The topological polar surface area (TPSA) is 42.2 Å². The molecule has 0 aliphatic heterocycles. The lowest BCUT2D eigenvalue weighted by atomic mass is 9.68. The average molecular weight is 244 g/mol. The van der Waals surface area contributed by atoms with Gasteiger partial charge in [0.2, 0.25) is 0 Å². The van der Waals surface area contributed by atoms with Gasteiger partial charge in [-0.3, -0.25) is 0 Å². The molecule has 18 heavy (non-hydrogen) atoms. The third-order valence-electron chi connectivity index (χ3n) is 4.13. The summed E-state index contributed by atoms with van der Waals surface area (Å²) < 4.78 is 1.88. The van der Waals surface area contributed by atoms with Crippen LogP contribution in [0.3, 0.4) is 0 Å². The van der Waals surface area contributed by atoms with E-state index in [4.69, 9.17) is 4.98 Å². The van der Waals surface area contributed by atoms with Crippen molar-refractivity contribution in [2.45, 2.75) is 39.5 Å². The Labute approximate surface area is 107 Å². The Kier molecular flexibility index (Phi) is 2.54. The fraction of sp³-hybridized carbons (Fsp3) is 0.571. The number of aryl methyl sites for hydroxylation is 1. The first-order valence-electron chi connectivity index (χ1n) is 6.63. The minimum atomic E-state index is 0.463. The van der Waals surface area contributed by atoms with Crippen molar-refractivity contribution in [2.24, 2.45) is 5.41 Å². The lowest BCUT2D eigenvalue weighted by molar-refractivity contribution is 0.159. The summed E-state index contributed by atoms with van der Waals surface area (Å²) in [6.45, 7) is 4.42. The molecule has 1 aliphatic rings. The maximum atomic E-state index is 4.77. The molecule has 4 heteroatoms. The molecule has 1 saturated carbocycles. The highest BCUT2D eigenvalue weighted by Crippen LogP contribution is 2.42. The maximum Gasteiger partial charge on any atom is 0.160 e. The van der Waals surface area contributed by atoms with Gasteiger partial charge in [0.1, 0.15) is 5.82 Å². The largest absolute Gasteiger partial charge is 0.373 e. The monoisotopic (exact) mass is 244 g/mol. The summed E-state index contributed by atoms with van der Waals surface area (Å²) in [5.74, 6) is 1.02. The van der Waals surface area contributed by atoms with Gasteiger partial charge in [0, 0.05) is 24.4 Å². The summed E-state index contributed by atoms with van der Waals surface area (Å²) in [4.78, 5) is 4.77. The van der Waals surface area contributed by atoms with Crippen LogP contribution in [-0.2, 0) is 6.42 Å². The Morgan fingerprint density at radius 2 is 2.22 bits per heavy atom. The molecule has 0 bridgehead atoms. The number of rotatable bonds is 3. The molecule has 2 heterocycles. The molecule has 0 radical (unpaired) electrons. The number of aromatic nitrogens is 3. The number of fused-ring (bicyclic) bond motifs is 1. The van der Waals surface area contributed by atoms with E-state index in [9.17, 15) is 0 Å². The molecule has 3 rings (SSSR count). The summed E-state index contributed by atoms with van der Waals surface area (Å²) in [6.07, 6.45) is 6.96. The number of hydrogen-bond donors (Lipinski definition) is 1. The van der Waals surface area contributed by atoms with Crippen LogP contribution in [0.15, 0.2) is 12.3 Å². The second-order valence-electron chi connectivity index (χ2n) is 5.79. The van der Waals surface area contributed by atoms with Gasteiger partial charge in [-0.15, -0.1) is 0 Å². The molecular weight excluding hydrogens is 224 g/mol. The average Bonchev–Trinajstić information content (AvgIpc) is 2.68. The zero-order valence-corrected chi connectivity index (χ0v) is 11.3. The zero-order valence-electron chi connectivity index (χ0n) is 11.3. The molecule has 0 spiro atoms. The lowest BCUT2D eigenvalue weighted by Gasteiger charge is -2.38. The SMILES string of the molecule is CNc1cc(CC2(C)CCC2)nc2c(C)cnn12. The predicted molar refractivity (Wildman–Crippen MR) is 72.9 cm³/mol. The van der Waals surface area contributed by atoms with Gasteiger partial charge < -0.3 is 5.32 Å². The van der Waals surface area contributed by atoms with Crippen LogP contribution in [0.2, 0.25) is 0 Å². The highest BCUT2D eigenvalue weighted by atomic mass is 15.3. The van der Waals surface area contributed by atoms with E-state index >= 15 is 0 Å². The first kappa shape index (κ1) is 11.5. The van der Waals surface area contributed by atoms with E-state index in [1.54, 1.807) is 0 Å². The number of nitrogens with zero attached hydrogens (tertiary/aromatic N) is 3. The van der Waals surface area contributed by atoms with Crippen LogP contribution >= 0.6 is 0 Å². The van der Waals surface area contributed by atoms with E-state index in [0.29, 0.717) is 5.41 Å². The van der Waals surface area contributed by atoms with E-state index in [1.807, 2.05) is 17.8 Å². The smallest absolute Gasteiger partial charge is 0.160 e. The second-order valence-corrected chi connectivity index (χ2v) is 5.79. The Morgan fingerprint density at radius 1 is 1.44 bits per heavy atom. The van der Waals surface area contributed by atoms with E-state index in [1.165, 1.54) is 25.0 Å². The molecule has 2 aromatic heterocycles. The summed E-state index contributed by atoms with van der Waals surface area (Å²) in [5, 5.41) is 7.56. The molecule has 0 unspecified atom stereocenters. The molecule has 1 fully saturated rings. The van der Waals surface area contributed by atoms with Gasteiger partial charge in [0.25, 0.3) is 0 Å². The third-order valence-corrected chi connectivity index (χ3v) is 4.13. The van der Waals surface area contributed by atoms with Crippen molar-refractivity contribution in [1.29, 1.82) is 0 Å². The highest BCUT2D eigenvalue weighted by Gasteiger charge is 2.32. The minimum Gasteiger partial charge on any atom is -0.373 e. The molecule has 2 aromatic rings. The van der Waals surface area contributed by atoms with Gasteiger partial charge >= 0.3 is 0 Å². The first-order valence-corrected chi connectivity index (χ1v) is 6.63. The van der Waals surface area contributed by atoms with Crippen LogP contribution in [0, 0.1) is 12.3 Å². The Morgan fingerprint density at radius 3 is 2.83 bits per heavy atom. The molecule has 1 aliphatic carbocycles. The molecule has 4 nitrogen and oxygen atoms in total. The quantitative estimate of drug-likeness (QED) is 0.902. The third kappa shape index (κ3) is 1.76. The first-order chi connectivity index (χ1) is 8.61. The summed E-state index contributed by atoms with van der Waals surface area (Å²) in [7, 11) is 1.93. The fourth-order valence-corrected chi connectivity index (χ4v) is 2.79. The van der Waals surface area contributed by atoms with Crippen molar-refractivity contribution in [3.05, 3.63) is 23.5 Å². The standard InChI is InChI=1S/C14H20N4/c1-10-9-16-18-12(15-3)7-11(17-13(10)18)8-14(2)5-4-6-14/h7,9,15H,4-6,8H2,1-3H3. The van der Waals surface area contributed by atoms with Crippen LogP contribution in [0.4, 0.5) is 5.82 Å². The molecule has 0 atom stereocenters. The van der Waals surface area contributed by atoms with Crippen molar-refractivity contribution in [3.8, 4) is 0 Å². The van der Waals surface area contributed by atoms with Crippen molar-refractivity contribution in [3.63, 3.8) is 0 Å². The molecule has 0 aromatic carbocycles. The molecule has 96 valence electrons. The Bertz CT molecular complexity index is 581. The van der Waals surface area contributed by atoms with Crippen LogP contribution < -0.4 is 5.32 Å². The van der Waals surface area contributed by atoms with E-state index in [0.717, 1.165) is 23.4 Å². The molecule has 1 N–H and O–H groups in total. The predicted octanol–water partition coefficient (Wildman–Crippen LogP) is 2.81. The zero-order chi connectivity index (χ0) is 12.8. The molecular formula is C14H20N4. The summed E-state index contributed by atoms with van der Waals surface area (Å²) in [5.41, 5.74) is 3.74. The van der Waals surface area contributed by atoms with Crippen molar-refractivity contribution in [2.75, 3.05) is 12.4 Å². The van der Waals surface area contributed by atoms with Crippen LogP contribution in [0.5, 0.6) is 0 Å². The number of anilines is 1. The maximum absolute atomic E-state index is 4.77. The number of nitrogens with one attached hydrogen (secondary N) is 1. The van der Waals surface area contributed by atoms with Gasteiger partial charge in [-0.05, 0) is 31.6 Å². The van der Waals surface area contributed by atoms with Crippen molar-refractivity contribution in [1.82, 2.24) is 14.6 Å². The normalized spacial score (nSPS) is 17.7. The summed E-state index contributed by atoms with van der Waals surface area (Å²) >= 11 is 0. The van der Waals surface area contributed by atoms with Crippen LogP contribution in [0.1, 0.15) is 37.4 Å². The van der Waals surface area contributed by atoms with Gasteiger partial charge in [-0.2, -0.15) is 9.61 Å². The van der Waals surface area contributed by atoms with Gasteiger partial charge in [-0.1, -0.05) is 13.3 Å². The van der Waals surface area contributed by atoms with Crippen molar-refractivity contribution >= 4 is 11.5 Å². The minimum absolute atomic E-state index is 0.463. The second kappa shape index (κ2) is 3.97.